The minimum Gasteiger partial charge on any atom is -0.361 e. The maximum atomic E-state index is 13.8. The average molecular weight is 278 g/mol. The molecule has 6 nitrogen and oxygen atoms in total. The SMILES string of the molecule is N#CC1CN(Cc2cc(C(=O)NN)ccc2F)CCO1. The number of nitriles is 1. The Bertz CT molecular complexity index is 544. The first-order chi connectivity index (χ1) is 9.63. The maximum absolute atomic E-state index is 13.8. The fourth-order valence-electron chi connectivity index (χ4n) is 2.09. The Balaban J connectivity index is 2.12. The number of nitrogens with zero attached hydrogens (tertiary/aromatic N) is 2. The summed E-state index contributed by atoms with van der Waals surface area (Å²) in [5, 5.41) is 8.84. The molecule has 1 aliphatic rings. The summed E-state index contributed by atoms with van der Waals surface area (Å²) >= 11 is 0. The van der Waals surface area contributed by atoms with Crippen LogP contribution < -0.4 is 11.3 Å². The fraction of sp³-hybridized carbons (Fsp3) is 0.385. The van der Waals surface area contributed by atoms with E-state index in [1.54, 1.807) is 0 Å². The normalized spacial score (nSPS) is 19.4. The Morgan fingerprint density at radius 3 is 3.15 bits per heavy atom. The van der Waals surface area contributed by atoms with E-state index in [2.05, 4.69) is 0 Å². The number of nitrogens with one attached hydrogen (secondary N) is 1. The summed E-state index contributed by atoms with van der Waals surface area (Å²) in [7, 11) is 0. The number of hydrogen-bond acceptors (Lipinski definition) is 5. The predicted molar refractivity (Wildman–Crippen MR) is 68.7 cm³/mol. The van der Waals surface area contributed by atoms with Crippen molar-refractivity contribution in [3.8, 4) is 6.07 Å². The van der Waals surface area contributed by atoms with Crippen LogP contribution in [0.2, 0.25) is 0 Å². The van der Waals surface area contributed by atoms with Crippen LogP contribution in [0.15, 0.2) is 18.2 Å². The lowest BCUT2D eigenvalue weighted by Crippen LogP contribution is -2.41. The van der Waals surface area contributed by atoms with Crippen molar-refractivity contribution in [3.05, 3.63) is 35.1 Å². The minimum absolute atomic E-state index is 0.300. The van der Waals surface area contributed by atoms with Crippen LogP contribution in [-0.2, 0) is 11.3 Å². The van der Waals surface area contributed by atoms with Gasteiger partial charge in [-0.3, -0.25) is 15.1 Å². The van der Waals surface area contributed by atoms with E-state index in [-0.39, 0.29) is 0 Å². The maximum Gasteiger partial charge on any atom is 0.265 e. The molecule has 1 amide bonds. The lowest BCUT2D eigenvalue weighted by Gasteiger charge is -2.29. The van der Waals surface area contributed by atoms with Crippen LogP contribution >= 0.6 is 0 Å². The zero-order chi connectivity index (χ0) is 14.5. The number of carbonyl (C=O) groups excluding carboxylic acids is 1. The molecular formula is C13H15FN4O2. The van der Waals surface area contributed by atoms with Gasteiger partial charge in [-0.1, -0.05) is 0 Å². The number of morpholine rings is 1. The van der Waals surface area contributed by atoms with Crippen LogP contribution in [0, 0.1) is 17.1 Å². The molecule has 20 heavy (non-hydrogen) atoms. The fourth-order valence-corrected chi connectivity index (χ4v) is 2.09. The first-order valence-electron chi connectivity index (χ1n) is 6.17. The molecule has 0 spiro atoms. The third-order valence-electron chi connectivity index (χ3n) is 3.13. The van der Waals surface area contributed by atoms with Gasteiger partial charge >= 0.3 is 0 Å². The molecule has 1 atom stereocenters. The number of ether oxygens (including phenoxy) is 1. The van der Waals surface area contributed by atoms with Gasteiger partial charge in [0.25, 0.3) is 5.91 Å². The van der Waals surface area contributed by atoms with Crippen molar-refractivity contribution < 1.29 is 13.9 Å². The number of nitrogens with two attached hydrogens (primary N) is 1. The summed E-state index contributed by atoms with van der Waals surface area (Å²) in [5.74, 6) is 4.20. The van der Waals surface area contributed by atoms with E-state index in [1.165, 1.54) is 18.2 Å². The second kappa shape index (κ2) is 6.43. The Labute approximate surface area is 115 Å². The quantitative estimate of drug-likeness (QED) is 0.466. The van der Waals surface area contributed by atoms with Crippen LogP contribution in [-0.4, -0.2) is 36.6 Å². The molecule has 0 aromatic heterocycles. The van der Waals surface area contributed by atoms with Gasteiger partial charge in [-0.25, -0.2) is 10.2 Å². The largest absolute Gasteiger partial charge is 0.361 e. The smallest absolute Gasteiger partial charge is 0.265 e. The van der Waals surface area contributed by atoms with E-state index in [9.17, 15) is 9.18 Å². The highest BCUT2D eigenvalue weighted by molar-refractivity contribution is 5.93. The third kappa shape index (κ3) is 3.30. The van der Waals surface area contributed by atoms with E-state index in [4.69, 9.17) is 15.8 Å². The number of halogens is 1. The number of nitrogen functional groups attached to an aromatic ring is 1. The predicted octanol–water partition coefficient (Wildman–Crippen LogP) is 0.154. The average Bonchev–Trinajstić information content (AvgIpc) is 2.49. The molecule has 106 valence electrons. The molecular weight excluding hydrogens is 263 g/mol. The number of hydrogen-bond donors (Lipinski definition) is 2. The monoisotopic (exact) mass is 278 g/mol. The van der Waals surface area contributed by atoms with E-state index in [0.717, 1.165) is 0 Å². The van der Waals surface area contributed by atoms with Crippen molar-refractivity contribution in [2.24, 2.45) is 5.84 Å². The molecule has 1 saturated heterocycles. The summed E-state index contributed by atoms with van der Waals surface area (Å²) in [6.07, 6.45) is -0.498. The molecule has 7 heteroatoms. The van der Waals surface area contributed by atoms with Crippen molar-refractivity contribution in [1.29, 1.82) is 5.26 Å². The zero-order valence-corrected chi connectivity index (χ0v) is 10.8. The molecule has 1 unspecified atom stereocenters. The highest BCUT2D eigenvalue weighted by atomic mass is 19.1. The molecule has 0 saturated carbocycles. The Morgan fingerprint density at radius 2 is 2.45 bits per heavy atom. The van der Waals surface area contributed by atoms with Crippen molar-refractivity contribution in [2.45, 2.75) is 12.6 Å². The number of hydrazine groups is 1. The van der Waals surface area contributed by atoms with Gasteiger partial charge in [0.05, 0.1) is 12.7 Å². The Morgan fingerprint density at radius 1 is 1.65 bits per heavy atom. The van der Waals surface area contributed by atoms with Crippen molar-refractivity contribution in [1.82, 2.24) is 10.3 Å². The van der Waals surface area contributed by atoms with Crippen molar-refractivity contribution in [2.75, 3.05) is 19.7 Å². The second-order valence-corrected chi connectivity index (χ2v) is 4.50. The molecule has 1 fully saturated rings. The summed E-state index contributed by atoms with van der Waals surface area (Å²) in [5.41, 5.74) is 2.70. The van der Waals surface area contributed by atoms with Crippen LogP contribution in [0.5, 0.6) is 0 Å². The van der Waals surface area contributed by atoms with E-state index in [0.29, 0.717) is 37.4 Å². The van der Waals surface area contributed by atoms with Gasteiger partial charge in [0, 0.05) is 30.8 Å². The summed E-state index contributed by atoms with van der Waals surface area (Å²) in [4.78, 5) is 13.3. The summed E-state index contributed by atoms with van der Waals surface area (Å²) in [6, 6.07) is 6.11. The molecule has 3 N–H and O–H groups in total. The number of carbonyl (C=O) groups is 1. The standard InChI is InChI=1S/C13H15FN4O2/c14-12-2-1-9(13(19)17-16)5-10(12)7-18-3-4-20-11(6-15)8-18/h1-2,5,11H,3-4,7-8,16H2,(H,17,19). The van der Waals surface area contributed by atoms with Gasteiger partial charge in [0.1, 0.15) is 5.82 Å². The molecule has 1 aromatic rings. The van der Waals surface area contributed by atoms with Gasteiger partial charge in [-0.2, -0.15) is 5.26 Å². The van der Waals surface area contributed by atoms with Gasteiger partial charge in [0.15, 0.2) is 6.10 Å². The molecule has 1 aromatic carbocycles. The number of amides is 1. The number of rotatable bonds is 3. The van der Waals surface area contributed by atoms with Gasteiger partial charge in [0.2, 0.25) is 0 Å². The highest BCUT2D eigenvalue weighted by Crippen LogP contribution is 2.15. The number of benzene rings is 1. The van der Waals surface area contributed by atoms with E-state index < -0.39 is 17.8 Å². The molecule has 2 rings (SSSR count). The second-order valence-electron chi connectivity index (χ2n) is 4.50. The first-order valence-corrected chi connectivity index (χ1v) is 6.17. The van der Waals surface area contributed by atoms with Crippen LogP contribution in [0.3, 0.4) is 0 Å². The molecule has 1 heterocycles. The van der Waals surface area contributed by atoms with Gasteiger partial charge < -0.3 is 4.74 Å². The third-order valence-corrected chi connectivity index (χ3v) is 3.13. The topological polar surface area (TPSA) is 91.4 Å². The Kier molecular flexibility index (Phi) is 4.63. The van der Waals surface area contributed by atoms with E-state index >= 15 is 0 Å². The molecule has 1 aliphatic heterocycles. The van der Waals surface area contributed by atoms with Crippen LogP contribution in [0.1, 0.15) is 15.9 Å². The minimum atomic E-state index is -0.498. The molecule has 0 aliphatic carbocycles. The summed E-state index contributed by atoms with van der Waals surface area (Å²) in [6.45, 7) is 1.79. The van der Waals surface area contributed by atoms with E-state index in [1.807, 2.05) is 16.4 Å². The van der Waals surface area contributed by atoms with Crippen molar-refractivity contribution in [3.63, 3.8) is 0 Å². The van der Waals surface area contributed by atoms with Gasteiger partial charge in [-0.15, -0.1) is 0 Å². The van der Waals surface area contributed by atoms with Crippen molar-refractivity contribution >= 4 is 5.91 Å². The highest BCUT2D eigenvalue weighted by Gasteiger charge is 2.21. The summed E-state index contributed by atoms with van der Waals surface area (Å²) < 4.78 is 19.0. The Hall–Kier alpha value is -2.01. The molecule has 0 radical (unpaired) electrons. The lowest BCUT2D eigenvalue weighted by molar-refractivity contribution is -0.00305. The lowest BCUT2D eigenvalue weighted by atomic mass is 10.1. The van der Waals surface area contributed by atoms with Gasteiger partial charge in [-0.05, 0) is 18.2 Å². The molecule has 0 bridgehead atoms. The van der Waals surface area contributed by atoms with Crippen LogP contribution in [0.25, 0.3) is 0 Å². The zero-order valence-electron chi connectivity index (χ0n) is 10.8. The first kappa shape index (κ1) is 14.4. The van der Waals surface area contributed by atoms with Crippen LogP contribution in [0.4, 0.5) is 4.39 Å².